The third-order valence-electron chi connectivity index (χ3n) is 4.08. The molecule has 4 nitrogen and oxygen atoms in total. The third-order valence-corrected chi connectivity index (χ3v) is 4.57. The van der Waals surface area contributed by atoms with Crippen molar-refractivity contribution < 1.29 is 22.8 Å². The molecule has 8 heteroatoms. The van der Waals surface area contributed by atoms with E-state index >= 15 is 0 Å². The van der Waals surface area contributed by atoms with Crippen LogP contribution in [0.5, 0.6) is 0 Å². The van der Waals surface area contributed by atoms with E-state index in [1.807, 2.05) is 19.1 Å². The number of nitrogens with zero attached hydrogens (tertiary/aromatic N) is 1. The van der Waals surface area contributed by atoms with E-state index in [0.717, 1.165) is 11.8 Å². The lowest BCUT2D eigenvalue weighted by atomic mass is 10.1. The predicted octanol–water partition coefficient (Wildman–Crippen LogP) is 5.10. The van der Waals surface area contributed by atoms with Gasteiger partial charge in [-0.3, -0.25) is 9.59 Å². The summed E-state index contributed by atoms with van der Waals surface area (Å²) in [6.07, 6.45) is -3.92. The number of amides is 1. The van der Waals surface area contributed by atoms with Gasteiger partial charge < -0.3 is 9.88 Å². The number of Topliss-reactive ketones (excluding diaryl/α,β-unsaturated/α-hetero) is 1. The fourth-order valence-corrected chi connectivity index (χ4v) is 3.15. The fraction of sp³-hybridized carbons (Fsp3) is 0.158. The second kappa shape index (κ2) is 7.19. The topological polar surface area (TPSA) is 51.1 Å². The number of aromatic nitrogens is 1. The van der Waals surface area contributed by atoms with Gasteiger partial charge in [0.2, 0.25) is 5.91 Å². The molecule has 0 aliphatic rings. The van der Waals surface area contributed by atoms with E-state index in [2.05, 4.69) is 21.2 Å². The zero-order chi connectivity index (χ0) is 19.8. The Morgan fingerprint density at radius 2 is 1.85 bits per heavy atom. The molecule has 0 bridgehead atoms. The molecule has 0 fully saturated rings. The van der Waals surface area contributed by atoms with E-state index in [9.17, 15) is 22.8 Å². The van der Waals surface area contributed by atoms with Gasteiger partial charge in [-0.05, 0) is 36.8 Å². The van der Waals surface area contributed by atoms with Crippen LogP contribution in [0.3, 0.4) is 0 Å². The van der Waals surface area contributed by atoms with Crippen molar-refractivity contribution in [3.05, 3.63) is 64.3 Å². The third kappa shape index (κ3) is 4.05. The Morgan fingerprint density at radius 1 is 1.15 bits per heavy atom. The molecule has 3 rings (SSSR count). The van der Waals surface area contributed by atoms with Gasteiger partial charge in [0.25, 0.3) is 5.78 Å². The van der Waals surface area contributed by atoms with E-state index < -0.39 is 23.4 Å². The molecule has 0 saturated heterocycles. The number of para-hydroxylation sites is 1. The summed E-state index contributed by atoms with van der Waals surface area (Å²) in [4.78, 5) is 24.1. The van der Waals surface area contributed by atoms with Crippen LogP contribution in [0.2, 0.25) is 0 Å². The van der Waals surface area contributed by atoms with Crippen LogP contribution in [0.4, 0.5) is 18.9 Å². The maximum atomic E-state index is 12.9. The summed E-state index contributed by atoms with van der Waals surface area (Å²) in [5.41, 5.74) is 1.36. The molecule has 0 unspecified atom stereocenters. The SMILES string of the molecule is Cc1ccccc1NC(=O)Cn1cc(C(=O)C(F)(F)F)c2cc(Br)ccc21. The largest absolute Gasteiger partial charge is 0.454 e. The first kappa shape index (κ1) is 19.2. The first-order valence-corrected chi connectivity index (χ1v) is 8.71. The number of aryl methyl sites for hydroxylation is 1. The van der Waals surface area contributed by atoms with Crippen molar-refractivity contribution in [2.24, 2.45) is 0 Å². The summed E-state index contributed by atoms with van der Waals surface area (Å²) in [6.45, 7) is 1.61. The molecule has 27 heavy (non-hydrogen) atoms. The van der Waals surface area contributed by atoms with Crippen molar-refractivity contribution in [3.8, 4) is 0 Å². The van der Waals surface area contributed by atoms with Crippen LogP contribution in [-0.4, -0.2) is 22.4 Å². The molecular formula is C19H14BrF3N2O2. The van der Waals surface area contributed by atoms with Gasteiger partial charge >= 0.3 is 6.18 Å². The molecule has 0 atom stereocenters. The van der Waals surface area contributed by atoms with Gasteiger partial charge in [0, 0.05) is 27.3 Å². The zero-order valence-corrected chi connectivity index (χ0v) is 15.7. The summed E-state index contributed by atoms with van der Waals surface area (Å²) in [5, 5.41) is 2.86. The van der Waals surface area contributed by atoms with E-state index in [0.29, 0.717) is 15.7 Å². The lowest BCUT2D eigenvalue weighted by molar-refractivity contribution is -0.116. The van der Waals surface area contributed by atoms with Crippen LogP contribution >= 0.6 is 15.9 Å². The number of benzene rings is 2. The number of hydrogen-bond donors (Lipinski definition) is 1. The number of alkyl halides is 3. The molecule has 0 aliphatic carbocycles. The molecule has 3 aromatic rings. The van der Waals surface area contributed by atoms with Gasteiger partial charge in [-0.1, -0.05) is 34.1 Å². The molecule has 1 amide bonds. The van der Waals surface area contributed by atoms with Crippen molar-refractivity contribution >= 4 is 44.2 Å². The van der Waals surface area contributed by atoms with E-state index in [1.165, 1.54) is 10.6 Å². The van der Waals surface area contributed by atoms with Gasteiger partial charge in [0.05, 0.1) is 5.56 Å². The minimum atomic E-state index is -5.00. The number of hydrogen-bond acceptors (Lipinski definition) is 2. The molecule has 0 spiro atoms. The molecule has 1 N–H and O–H groups in total. The highest BCUT2D eigenvalue weighted by molar-refractivity contribution is 9.10. The maximum Gasteiger partial charge on any atom is 0.454 e. The van der Waals surface area contributed by atoms with Crippen LogP contribution in [0, 0.1) is 6.92 Å². The van der Waals surface area contributed by atoms with Crippen molar-refractivity contribution in [2.75, 3.05) is 5.32 Å². The first-order chi connectivity index (χ1) is 12.7. The quantitative estimate of drug-likeness (QED) is 0.576. The fourth-order valence-electron chi connectivity index (χ4n) is 2.79. The van der Waals surface area contributed by atoms with Crippen LogP contribution in [0.15, 0.2) is 53.1 Å². The summed E-state index contributed by atoms with van der Waals surface area (Å²) in [5.74, 6) is -2.35. The van der Waals surface area contributed by atoms with Crippen LogP contribution in [0.25, 0.3) is 10.9 Å². The van der Waals surface area contributed by atoms with Crippen LogP contribution in [-0.2, 0) is 11.3 Å². The van der Waals surface area contributed by atoms with Crippen molar-refractivity contribution in [1.82, 2.24) is 4.57 Å². The van der Waals surface area contributed by atoms with Crippen molar-refractivity contribution in [2.45, 2.75) is 19.6 Å². The number of carbonyl (C=O) groups is 2. The van der Waals surface area contributed by atoms with Crippen LogP contribution in [0.1, 0.15) is 15.9 Å². The Hall–Kier alpha value is -2.61. The molecular weight excluding hydrogens is 425 g/mol. The van der Waals surface area contributed by atoms with Gasteiger partial charge in [-0.2, -0.15) is 13.2 Å². The van der Waals surface area contributed by atoms with Crippen LogP contribution < -0.4 is 5.32 Å². The first-order valence-electron chi connectivity index (χ1n) is 7.92. The lowest BCUT2D eigenvalue weighted by Gasteiger charge is -2.09. The zero-order valence-electron chi connectivity index (χ0n) is 14.1. The summed E-state index contributed by atoms with van der Waals surface area (Å²) < 4.78 is 40.6. The lowest BCUT2D eigenvalue weighted by Crippen LogP contribution is -2.22. The number of anilines is 1. The van der Waals surface area contributed by atoms with Crippen molar-refractivity contribution in [1.29, 1.82) is 0 Å². The molecule has 0 radical (unpaired) electrons. The van der Waals surface area contributed by atoms with Gasteiger partial charge in [0.1, 0.15) is 6.54 Å². The minimum absolute atomic E-state index is 0.135. The second-order valence-corrected chi connectivity index (χ2v) is 6.94. The standard InChI is InChI=1S/C19H14BrF3N2O2/c1-11-4-2-3-5-15(11)24-17(26)10-25-9-14(18(27)19(21,22)23)13-8-12(20)6-7-16(13)25/h2-9H,10H2,1H3,(H,24,26). The number of carbonyl (C=O) groups excluding carboxylic acids is 2. The average Bonchev–Trinajstić information content (AvgIpc) is 2.92. The van der Waals surface area contributed by atoms with Gasteiger partial charge in [-0.25, -0.2) is 0 Å². The van der Waals surface area contributed by atoms with E-state index in [4.69, 9.17) is 0 Å². The van der Waals surface area contributed by atoms with Gasteiger partial charge in [0.15, 0.2) is 0 Å². The highest BCUT2D eigenvalue weighted by atomic mass is 79.9. The highest BCUT2D eigenvalue weighted by Crippen LogP contribution is 2.30. The molecule has 2 aromatic carbocycles. The normalized spacial score (nSPS) is 11.6. The average molecular weight is 439 g/mol. The highest BCUT2D eigenvalue weighted by Gasteiger charge is 2.40. The van der Waals surface area contributed by atoms with Gasteiger partial charge in [-0.15, -0.1) is 0 Å². The number of nitrogens with one attached hydrogen (secondary N) is 1. The Morgan fingerprint density at radius 3 is 2.52 bits per heavy atom. The molecule has 1 heterocycles. The smallest absolute Gasteiger partial charge is 0.337 e. The Kier molecular flexibility index (Phi) is 5.10. The predicted molar refractivity (Wildman–Crippen MR) is 99.8 cm³/mol. The number of ketones is 1. The number of fused-ring (bicyclic) bond motifs is 1. The summed E-state index contributed by atoms with van der Waals surface area (Å²) in [6, 6.07) is 11.8. The minimum Gasteiger partial charge on any atom is -0.337 e. The number of rotatable bonds is 4. The molecule has 140 valence electrons. The molecule has 1 aromatic heterocycles. The summed E-state index contributed by atoms with van der Waals surface area (Å²) in [7, 11) is 0. The second-order valence-electron chi connectivity index (χ2n) is 6.02. The number of halogens is 4. The van der Waals surface area contributed by atoms with E-state index in [-0.39, 0.29) is 11.9 Å². The van der Waals surface area contributed by atoms with Crippen molar-refractivity contribution in [3.63, 3.8) is 0 Å². The monoisotopic (exact) mass is 438 g/mol. The molecule has 0 aliphatic heterocycles. The Labute approximate surface area is 161 Å². The Balaban J connectivity index is 1.96. The summed E-state index contributed by atoms with van der Waals surface area (Å²) >= 11 is 3.20. The Bertz CT molecular complexity index is 1040. The molecule has 0 saturated carbocycles. The maximum absolute atomic E-state index is 12.9. The van der Waals surface area contributed by atoms with E-state index in [1.54, 1.807) is 24.3 Å².